The molecule has 0 saturated carbocycles. The zero-order valence-electron chi connectivity index (χ0n) is 19.1. The van der Waals surface area contributed by atoms with Crippen molar-refractivity contribution in [1.82, 2.24) is 15.0 Å². The number of aryl methyl sites for hydroxylation is 1. The van der Waals surface area contributed by atoms with E-state index in [9.17, 15) is 13.2 Å². The summed E-state index contributed by atoms with van der Waals surface area (Å²) in [6.07, 6.45) is -3.77. The Morgan fingerprint density at radius 3 is 2.65 bits per heavy atom. The third-order valence-electron chi connectivity index (χ3n) is 5.69. The molecule has 3 N–H and O–H groups in total. The van der Waals surface area contributed by atoms with E-state index >= 15 is 0 Å². The van der Waals surface area contributed by atoms with Crippen LogP contribution in [-0.4, -0.2) is 41.4 Å². The first-order valence-electron chi connectivity index (χ1n) is 10.8. The number of fused-ring (bicyclic) bond motifs is 1. The molecule has 34 heavy (non-hydrogen) atoms. The van der Waals surface area contributed by atoms with Gasteiger partial charge in [0.05, 0.1) is 19.2 Å². The van der Waals surface area contributed by atoms with Gasteiger partial charge in [0.25, 0.3) is 0 Å². The minimum absolute atomic E-state index is 0.0549. The molecule has 1 aliphatic heterocycles. The molecular formula is C23H26F3N5O3. The molecule has 3 heterocycles. The number of alkyl halides is 3. The quantitative estimate of drug-likeness (QED) is 0.517. The van der Waals surface area contributed by atoms with Crippen LogP contribution in [0.5, 0.6) is 11.5 Å². The van der Waals surface area contributed by atoms with Gasteiger partial charge in [0.15, 0.2) is 11.5 Å². The lowest BCUT2D eigenvalue weighted by molar-refractivity contribution is -0.141. The maximum atomic E-state index is 13.1. The zero-order chi connectivity index (χ0) is 24.5. The van der Waals surface area contributed by atoms with Crippen LogP contribution in [0, 0.1) is 12.8 Å². The van der Waals surface area contributed by atoms with Gasteiger partial charge in [0.1, 0.15) is 29.3 Å². The van der Waals surface area contributed by atoms with E-state index in [-0.39, 0.29) is 24.4 Å². The molecule has 3 aromatic rings. The second-order valence-corrected chi connectivity index (χ2v) is 8.22. The van der Waals surface area contributed by atoms with Gasteiger partial charge in [0, 0.05) is 30.5 Å². The lowest BCUT2D eigenvalue weighted by Gasteiger charge is -2.22. The van der Waals surface area contributed by atoms with Crippen LogP contribution in [0.3, 0.4) is 0 Å². The second-order valence-electron chi connectivity index (χ2n) is 8.22. The van der Waals surface area contributed by atoms with Crippen LogP contribution in [0.2, 0.25) is 0 Å². The summed E-state index contributed by atoms with van der Waals surface area (Å²) in [5.74, 6) is 2.06. The average Bonchev–Trinajstić information content (AvgIpc) is 3.31. The smallest absolute Gasteiger partial charge is 0.433 e. The fourth-order valence-corrected chi connectivity index (χ4v) is 3.90. The number of halogens is 3. The summed E-state index contributed by atoms with van der Waals surface area (Å²) in [4.78, 5) is 12.3. The first-order chi connectivity index (χ1) is 16.1. The largest absolute Gasteiger partial charge is 0.493 e. The molecule has 4 rings (SSSR count). The molecule has 2 aromatic heterocycles. The molecule has 1 saturated heterocycles. The molecule has 1 aliphatic rings. The van der Waals surface area contributed by atoms with Crippen molar-refractivity contribution in [3.8, 4) is 11.5 Å². The predicted molar refractivity (Wildman–Crippen MR) is 121 cm³/mol. The molecule has 182 valence electrons. The fraction of sp³-hybridized carbons (Fsp3) is 0.435. The Morgan fingerprint density at radius 1 is 1.18 bits per heavy atom. The molecule has 8 nitrogen and oxygen atoms in total. The van der Waals surface area contributed by atoms with Crippen LogP contribution in [0.15, 0.2) is 24.3 Å². The zero-order valence-corrected chi connectivity index (χ0v) is 19.1. The highest BCUT2D eigenvalue weighted by molar-refractivity contribution is 5.91. The SMILES string of the molecule is COc1cc2nc(C)nc(NCc3cc(N)nc(C(F)(F)F)c3)c2cc1OC(C)[C@@H]1CCOC1. The lowest BCUT2D eigenvalue weighted by Crippen LogP contribution is -2.24. The van der Waals surface area contributed by atoms with Gasteiger partial charge in [-0.05, 0) is 44.0 Å². The Bertz CT molecular complexity index is 1180. The minimum Gasteiger partial charge on any atom is -0.493 e. The molecule has 1 unspecified atom stereocenters. The maximum absolute atomic E-state index is 13.1. The number of rotatable bonds is 7. The van der Waals surface area contributed by atoms with Crippen molar-refractivity contribution in [2.75, 3.05) is 31.4 Å². The number of nitrogens with zero attached hydrogens (tertiary/aromatic N) is 3. The normalized spacial score (nSPS) is 17.1. The van der Waals surface area contributed by atoms with Gasteiger partial charge in [0.2, 0.25) is 0 Å². The van der Waals surface area contributed by atoms with Crippen molar-refractivity contribution in [2.24, 2.45) is 5.92 Å². The van der Waals surface area contributed by atoms with Crippen molar-refractivity contribution < 1.29 is 27.4 Å². The molecule has 1 aromatic carbocycles. The molecule has 0 spiro atoms. The van der Waals surface area contributed by atoms with Crippen molar-refractivity contribution in [2.45, 2.75) is 39.1 Å². The van der Waals surface area contributed by atoms with Gasteiger partial charge in [-0.15, -0.1) is 0 Å². The maximum Gasteiger partial charge on any atom is 0.433 e. The Labute approximate surface area is 194 Å². The Hall–Kier alpha value is -3.34. The Balaban J connectivity index is 1.65. The highest BCUT2D eigenvalue weighted by atomic mass is 19.4. The fourth-order valence-electron chi connectivity index (χ4n) is 3.90. The van der Waals surface area contributed by atoms with Gasteiger partial charge in [-0.1, -0.05) is 0 Å². The molecule has 11 heteroatoms. The monoisotopic (exact) mass is 477 g/mol. The number of aromatic nitrogens is 3. The summed E-state index contributed by atoms with van der Waals surface area (Å²) in [6.45, 7) is 5.13. The highest BCUT2D eigenvalue weighted by Crippen LogP contribution is 2.36. The van der Waals surface area contributed by atoms with E-state index in [1.807, 2.05) is 6.92 Å². The van der Waals surface area contributed by atoms with Crippen molar-refractivity contribution >= 4 is 22.5 Å². The van der Waals surface area contributed by atoms with Crippen molar-refractivity contribution in [1.29, 1.82) is 0 Å². The number of anilines is 2. The predicted octanol–water partition coefficient (Wildman–Crippen LogP) is 4.36. The number of nitrogen functional groups attached to an aromatic ring is 1. The van der Waals surface area contributed by atoms with Crippen LogP contribution < -0.4 is 20.5 Å². The first-order valence-corrected chi connectivity index (χ1v) is 10.8. The van der Waals surface area contributed by atoms with E-state index in [0.717, 1.165) is 12.5 Å². The average molecular weight is 477 g/mol. The highest BCUT2D eigenvalue weighted by Gasteiger charge is 2.33. The Morgan fingerprint density at radius 2 is 1.97 bits per heavy atom. The van der Waals surface area contributed by atoms with Crippen molar-refractivity contribution in [3.63, 3.8) is 0 Å². The molecule has 0 radical (unpaired) electrons. The number of ether oxygens (including phenoxy) is 3. The third-order valence-corrected chi connectivity index (χ3v) is 5.69. The van der Waals surface area contributed by atoms with Crippen LogP contribution in [0.1, 0.15) is 30.4 Å². The van der Waals surface area contributed by atoms with Crippen molar-refractivity contribution in [3.05, 3.63) is 41.3 Å². The van der Waals surface area contributed by atoms with E-state index < -0.39 is 11.9 Å². The summed E-state index contributed by atoms with van der Waals surface area (Å²) in [7, 11) is 1.55. The van der Waals surface area contributed by atoms with Gasteiger partial charge in [-0.2, -0.15) is 13.2 Å². The molecular weight excluding hydrogens is 451 g/mol. The number of hydrogen-bond donors (Lipinski definition) is 2. The van der Waals surface area contributed by atoms with E-state index in [1.165, 1.54) is 6.07 Å². The number of hydrogen-bond acceptors (Lipinski definition) is 8. The molecule has 0 amide bonds. The second kappa shape index (κ2) is 9.49. The minimum atomic E-state index is -4.59. The van der Waals surface area contributed by atoms with Crippen LogP contribution in [-0.2, 0) is 17.5 Å². The summed E-state index contributed by atoms with van der Waals surface area (Å²) in [5, 5.41) is 3.75. The summed E-state index contributed by atoms with van der Waals surface area (Å²) < 4.78 is 56.5. The number of methoxy groups -OCH3 is 1. The first kappa shape index (κ1) is 23.8. The van der Waals surface area contributed by atoms with Crippen LogP contribution in [0.25, 0.3) is 10.9 Å². The van der Waals surface area contributed by atoms with Gasteiger partial charge in [-0.25, -0.2) is 15.0 Å². The summed E-state index contributed by atoms with van der Waals surface area (Å²) in [6, 6.07) is 5.89. The summed E-state index contributed by atoms with van der Waals surface area (Å²) >= 11 is 0. The van der Waals surface area contributed by atoms with E-state index in [1.54, 1.807) is 26.2 Å². The number of pyridine rings is 1. The van der Waals surface area contributed by atoms with Crippen LogP contribution >= 0.6 is 0 Å². The van der Waals surface area contributed by atoms with Crippen LogP contribution in [0.4, 0.5) is 24.8 Å². The standard InChI is InChI=1S/C23H26F3N5O3/c1-12(15-4-5-33-11-15)34-19-8-16-17(9-18(19)32-3)29-13(2)30-22(16)28-10-14-6-20(23(24,25)26)31-21(27)7-14/h6-9,12,15H,4-5,10-11H2,1-3H3,(H2,27,31)(H,28,29,30)/t12?,15-/m1/s1. The van der Waals surface area contributed by atoms with E-state index in [0.29, 0.717) is 52.8 Å². The Kier molecular flexibility index (Phi) is 6.65. The van der Waals surface area contributed by atoms with Gasteiger partial charge < -0.3 is 25.3 Å². The lowest BCUT2D eigenvalue weighted by atomic mass is 10.0. The van der Waals surface area contributed by atoms with E-state index in [2.05, 4.69) is 20.3 Å². The molecule has 0 aliphatic carbocycles. The number of nitrogens with one attached hydrogen (secondary N) is 1. The number of benzene rings is 1. The summed E-state index contributed by atoms with van der Waals surface area (Å²) in [5.41, 5.74) is 5.48. The third kappa shape index (κ3) is 5.24. The molecule has 0 bridgehead atoms. The topological polar surface area (TPSA) is 104 Å². The van der Waals surface area contributed by atoms with Gasteiger partial charge in [-0.3, -0.25) is 0 Å². The number of nitrogens with two attached hydrogens (primary N) is 1. The molecule has 2 atom stereocenters. The molecule has 1 fully saturated rings. The van der Waals surface area contributed by atoms with E-state index in [4.69, 9.17) is 19.9 Å². The van der Waals surface area contributed by atoms with Gasteiger partial charge >= 0.3 is 6.18 Å².